The van der Waals surface area contributed by atoms with Crippen LogP contribution in [-0.2, 0) is 9.59 Å². The summed E-state index contributed by atoms with van der Waals surface area (Å²) in [5, 5.41) is 32.1. The van der Waals surface area contributed by atoms with Crippen LogP contribution in [0.3, 0.4) is 0 Å². The molecule has 0 aromatic carbocycles. The van der Waals surface area contributed by atoms with Gasteiger partial charge in [0.05, 0.1) is 6.10 Å². The summed E-state index contributed by atoms with van der Waals surface area (Å²) in [5.41, 5.74) is -2.95. The largest absolute Gasteiger partial charge is 0.393 e. The van der Waals surface area contributed by atoms with Crippen LogP contribution in [0.2, 0.25) is 0 Å². The predicted octanol–water partition coefficient (Wildman–Crippen LogP) is 2.10. The van der Waals surface area contributed by atoms with Gasteiger partial charge in [0.1, 0.15) is 18.0 Å². The molecule has 4 aliphatic carbocycles. The quantitative estimate of drug-likeness (QED) is 0.669. The minimum Gasteiger partial charge on any atom is -0.393 e. The highest BCUT2D eigenvalue weighted by atomic mass is 19.1. The van der Waals surface area contributed by atoms with Crippen molar-refractivity contribution < 1.29 is 29.3 Å². The molecule has 0 saturated heterocycles. The summed E-state index contributed by atoms with van der Waals surface area (Å²) >= 11 is 0. The molecule has 0 spiro atoms. The predicted molar refractivity (Wildman–Crippen MR) is 99.6 cm³/mol. The number of Topliss-reactive ketones (excluding diaryl/α,β-unsaturated/α-hetero) is 1. The van der Waals surface area contributed by atoms with Gasteiger partial charge in [-0.25, -0.2) is 4.39 Å². The molecule has 0 aromatic heterocycles. The number of aliphatic hydroxyl groups is 3. The molecule has 0 heterocycles. The third kappa shape index (κ3) is 2.22. The Morgan fingerprint density at radius 1 is 1.36 bits per heavy atom. The normalized spacial score (nSPS) is 50.2. The van der Waals surface area contributed by atoms with E-state index in [4.69, 9.17) is 0 Å². The lowest BCUT2D eigenvalue weighted by atomic mass is 9.46. The molecule has 5 nitrogen and oxygen atoms in total. The number of hydrogen-bond acceptors (Lipinski definition) is 5. The van der Waals surface area contributed by atoms with E-state index in [1.165, 1.54) is 6.08 Å². The van der Waals surface area contributed by atoms with Crippen molar-refractivity contribution >= 4 is 11.6 Å². The minimum absolute atomic E-state index is 0.0417. The van der Waals surface area contributed by atoms with Crippen LogP contribution in [0.15, 0.2) is 23.6 Å². The van der Waals surface area contributed by atoms with Crippen LogP contribution in [0, 0.1) is 34.5 Å². The van der Waals surface area contributed by atoms with Gasteiger partial charge in [0, 0.05) is 29.6 Å². The fourth-order valence-corrected chi connectivity index (χ4v) is 7.36. The van der Waals surface area contributed by atoms with E-state index in [9.17, 15) is 24.9 Å². The third-order valence-electron chi connectivity index (χ3n) is 8.66. The number of carbonyl (C=O) groups excluding carboxylic acids is 2. The zero-order chi connectivity index (χ0) is 20.6. The van der Waals surface area contributed by atoms with Crippen molar-refractivity contribution in [1.82, 2.24) is 0 Å². The molecule has 2 saturated carbocycles. The molecule has 0 aromatic rings. The van der Waals surface area contributed by atoms with Gasteiger partial charge >= 0.3 is 0 Å². The molecule has 8 atom stereocenters. The van der Waals surface area contributed by atoms with Gasteiger partial charge in [0.2, 0.25) is 0 Å². The van der Waals surface area contributed by atoms with Crippen LogP contribution in [0.4, 0.5) is 4.39 Å². The number of hydrogen-bond donors (Lipinski definition) is 3. The molecule has 28 heavy (non-hydrogen) atoms. The highest BCUT2D eigenvalue weighted by Gasteiger charge is 2.70. The monoisotopic (exact) mass is 392 g/mol. The summed E-state index contributed by atoms with van der Waals surface area (Å²) in [6, 6.07) is 0. The number of ketones is 2. The fraction of sp³-hybridized carbons (Fsp3) is 0.727. The van der Waals surface area contributed by atoms with Gasteiger partial charge in [-0.15, -0.1) is 0 Å². The third-order valence-corrected chi connectivity index (χ3v) is 8.66. The van der Waals surface area contributed by atoms with Gasteiger partial charge in [-0.1, -0.05) is 26.8 Å². The number of aliphatic hydroxyl groups excluding tert-OH is 2. The van der Waals surface area contributed by atoms with E-state index in [-0.39, 0.29) is 48.6 Å². The summed E-state index contributed by atoms with van der Waals surface area (Å²) in [6.45, 7) is 4.72. The Hall–Kier alpha value is -1.37. The first-order valence-corrected chi connectivity index (χ1v) is 10.2. The topological polar surface area (TPSA) is 94.8 Å². The van der Waals surface area contributed by atoms with E-state index in [1.54, 1.807) is 19.9 Å². The smallest absolute Gasteiger partial charge is 0.190 e. The SMILES string of the molecule is CC1CC2C3CC(F)=C4CC(=O)C=CC4(C)C3C(O)CC2(C)C1(O)C(=O)CO. The second kappa shape index (κ2) is 6.07. The Bertz CT molecular complexity index is 803. The lowest BCUT2D eigenvalue weighted by Crippen LogP contribution is -2.62. The standard InChI is InChI=1S/C22H29FO5/c1-11-6-14-13-8-16(23)15-7-12(25)4-5-20(15,2)19(13)17(26)9-21(14,3)22(11,28)18(27)10-24/h4-5,11,13-14,17,19,24,26,28H,6-10H2,1-3H3. The molecule has 0 amide bonds. The molecule has 154 valence electrons. The number of rotatable bonds is 2. The molecule has 6 heteroatoms. The molecule has 0 radical (unpaired) electrons. The molecule has 0 bridgehead atoms. The molecule has 4 rings (SSSR count). The van der Waals surface area contributed by atoms with Crippen molar-refractivity contribution in [2.75, 3.05) is 6.61 Å². The summed E-state index contributed by atoms with van der Waals surface area (Å²) in [4.78, 5) is 24.4. The molecule has 3 N–H and O–H groups in total. The second-order valence-electron chi connectivity index (χ2n) is 9.82. The minimum atomic E-state index is -1.74. The van der Waals surface area contributed by atoms with Crippen molar-refractivity contribution in [1.29, 1.82) is 0 Å². The second-order valence-corrected chi connectivity index (χ2v) is 9.82. The molecule has 8 unspecified atom stereocenters. The van der Waals surface area contributed by atoms with Crippen molar-refractivity contribution in [3.8, 4) is 0 Å². The summed E-state index contributed by atoms with van der Waals surface area (Å²) < 4.78 is 15.2. The number of fused-ring (bicyclic) bond motifs is 5. The maximum absolute atomic E-state index is 15.2. The first-order chi connectivity index (χ1) is 13.0. The van der Waals surface area contributed by atoms with E-state index in [0.717, 1.165) is 0 Å². The van der Waals surface area contributed by atoms with Crippen LogP contribution in [0.1, 0.15) is 46.5 Å². The van der Waals surface area contributed by atoms with E-state index >= 15 is 4.39 Å². The lowest BCUT2D eigenvalue weighted by Gasteiger charge is -2.59. The highest BCUT2D eigenvalue weighted by molar-refractivity contribution is 5.93. The van der Waals surface area contributed by atoms with E-state index < -0.39 is 40.8 Å². The van der Waals surface area contributed by atoms with Gasteiger partial charge in [0.15, 0.2) is 11.6 Å². The van der Waals surface area contributed by atoms with Crippen LogP contribution in [0.5, 0.6) is 0 Å². The molecule has 2 fully saturated rings. The first-order valence-electron chi connectivity index (χ1n) is 10.2. The first kappa shape index (κ1) is 19.9. The summed E-state index contributed by atoms with van der Waals surface area (Å²) in [7, 11) is 0. The van der Waals surface area contributed by atoms with Crippen molar-refractivity contribution in [3.05, 3.63) is 23.6 Å². The summed E-state index contributed by atoms with van der Waals surface area (Å²) in [5.74, 6) is -2.13. The maximum atomic E-state index is 15.2. The van der Waals surface area contributed by atoms with E-state index in [1.807, 2.05) is 6.92 Å². The maximum Gasteiger partial charge on any atom is 0.190 e. The molecule has 0 aliphatic heterocycles. The highest BCUT2D eigenvalue weighted by Crippen LogP contribution is 2.68. The Morgan fingerprint density at radius 2 is 2.04 bits per heavy atom. The van der Waals surface area contributed by atoms with Crippen LogP contribution >= 0.6 is 0 Å². The number of allylic oxidation sites excluding steroid dienone is 4. The average molecular weight is 392 g/mol. The van der Waals surface area contributed by atoms with Crippen molar-refractivity contribution in [2.45, 2.75) is 58.2 Å². The van der Waals surface area contributed by atoms with E-state index in [0.29, 0.717) is 12.0 Å². The van der Waals surface area contributed by atoms with Gasteiger partial charge in [-0.3, -0.25) is 9.59 Å². The Morgan fingerprint density at radius 3 is 2.68 bits per heavy atom. The summed E-state index contributed by atoms with van der Waals surface area (Å²) in [6.07, 6.45) is 3.28. The van der Waals surface area contributed by atoms with Crippen LogP contribution in [0.25, 0.3) is 0 Å². The van der Waals surface area contributed by atoms with Crippen molar-refractivity contribution in [2.24, 2.45) is 34.5 Å². The van der Waals surface area contributed by atoms with Crippen molar-refractivity contribution in [3.63, 3.8) is 0 Å². The zero-order valence-electron chi connectivity index (χ0n) is 16.6. The van der Waals surface area contributed by atoms with Gasteiger partial charge < -0.3 is 15.3 Å². The van der Waals surface area contributed by atoms with Gasteiger partial charge in [-0.05, 0) is 42.2 Å². The van der Waals surface area contributed by atoms with Crippen LogP contribution < -0.4 is 0 Å². The van der Waals surface area contributed by atoms with Gasteiger partial charge in [0.25, 0.3) is 0 Å². The molecule has 4 aliphatic rings. The Labute approximate surface area is 164 Å². The number of carbonyl (C=O) groups is 2. The Kier molecular flexibility index (Phi) is 4.32. The number of halogens is 1. The van der Waals surface area contributed by atoms with Gasteiger partial charge in [-0.2, -0.15) is 0 Å². The molecular weight excluding hydrogens is 363 g/mol. The zero-order valence-corrected chi connectivity index (χ0v) is 16.6. The fourth-order valence-electron chi connectivity index (χ4n) is 7.36. The lowest BCUT2D eigenvalue weighted by molar-refractivity contribution is -0.182. The van der Waals surface area contributed by atoms with Crippen LogP contribution in [-0.4, -0.2) is 45.2 Å². The van der Waals surface area contributed by atoms with E-state index in [2.05, 4.69) is 0 Å². The molecular formula is C22H29FO5. The Balaban J connectivity index is 1.83. The average Bonchev–Trinajstić information content (AvgIpc) is 2.83.